The Labute approximate surface area is 179 Å². The van der Waals surface area contributed by atoms with Gasteiger partial charge in [-0.25, -0.2) is 9.37 Å². The van der Waals surface area contributed by atoms with Crippen LogP contribution in [0, 0.1) is 11.2 Å². The molecule has 3 rings (SSSR count). The third kappa shape index (κ3) is 4.98. The number of nitrogens with zero attached hydrogens (tertiary/aromatic N) is 3. The van der Waals surface area contributed by atoms with E-state index in [0.717, 1.165) is 12.4 Å². The van der Waals surface area contributed by atoms with Gasteiger partial charge in [-0.2, -0.15) is 4.98 Å². The van der Waals surface area contributed by atoms with Crippen molar-refractivity contribution < 1.29 is 9.13 Å². The number of benzene rings is 2. The van der Waals surface area contributed by atoms with Crippen LogP contribution in [-0.4, -0.2) is 36.4 Å². The Hall–Kier alpha value is -3.92. The lowest BCUT2D eigenvalue weighted by Gasteiger charge is -2.26. The van der Waals surface area contributed by atoms with E-state index in [-0.39, 0.29) is 11.8 Å². The Bertz CT molecular complexity index is 1080. The molecule has 0 spiro atoms. The van der Waals surface area contributed by atoms with Gasteiger partial charge in [0.2, 0.25) is 5.95 Å². The molecule has 9 nitrogen and oxygen atoms in total. The Morgan fingerprint density at radius 3 is 2.68 bits per heavy atom. The second-order valence-corrected chi connectivity index (χ2v) is 6.76. The van der Waals surface area contributed by atoms with Gasteiger partial charge in [-0.15, -0.1) is 0 Å². The first-order valence-corrected chi connectivity index (χ1v) is 9.54. The summed E-state index contributed by atoms with van der Waals surface area (Å²) in [5.41, 5.74) is 20.5. The highest BCUT2D eigenvalue weighted by molar-refractivity contribution is 5.94. The minimum atomic E-state index is -0.613. The van der Waals surface area contributed by atoms with E-state index < -0.39 is 5.82 Å². The van der Waals surface area contributed by atoms with Crippen molar-refractivity contribution in [3.63, 3.8) is 0 Å². The number of rotatable bonds is 9. The van der Waals surface area contributed by atoms with Gasteiger partial charge in [0.15, 0.2) is 11.6 Å². The van der Waals surface area contributed by atoms with Crippen molar-refractivity contribution in [1.82, 2.24) is 9.97 Å². The Morgan fingerprint density at radius 2 is 1.97 bits per heavy atom. The van der Waals surface area contributed by atoms with Crippen molar-refractivity contribution >= 4 is 46.4 Å². The molecule has 0 atom stereocenters. The smallest absolute Gasteiger partial charge is 0.229 e. The topological polar surface area (TPSA) is 152 Å². The van der Waals surface area contributed by atoms with E-state index in [1.54, 1.807) is 48.4 Å². The maximum Gasteiger partial charge on any atom is 0.229 e. The van der Waals surface area contributed by atoms with Gasteiger partial charge in [0.05, 0.1) is 23.3 Å². The zero-order valence-corrected chi connectivity index (χ0v) is 17.1. The van der Waals surface area contributed by atoms with E-state index in [9.17, 15) is 4.39 Å². The van der Waals surface area contributed by atoms with E-state index in [1.165, 1.54) is 0 Å². The molecule has 1 heterocycles. The molecule has 162 valence electrons. The Kier molecular flexibility index (Phi) is 6.83. The molecular weight excluding hydrogens is 399 g/mol. The van der Waals surface area contributed by atoms with Crippen LogP contribution in [0.25, 0.3) is 0 Å². The highest BCUT2D eigenvalue weighted by Crippen LogP contribution is 2.32. The summed E-state index contributed by atoms with van der Waals surface area (Å²) in [6, 6.07) is 10.2. The predicted molar refractivity (Wildman–Crippen MR) is 123 cm³/mol. The molecule has 2 aromatic carbocycles. The summed E-state index contributed by atoms with van der Waals surface area (Å²) in [6.45, 7) is 0.863. The fourth-order valence-electron chi connectivity index (χ4n) is 3.06. The number of methoxy groups -OCH3 is 1. The lowest BCUT2D eigenvalue weighted by Crippen LogP contribution is -2.24. The number of nitrogens with one attached hydrogen (secondary N) is 2. The molecule has 0 radical (unpaired) electrons. The first-order valence-electron chi connectivity index (χ1n) is 9.54. The van der Waals surface area contributed by atoms with E-state index in [1.807, 2.05) is 0 Å². The maximum atomic E-state index is 14.9. The largest absolute Gasteiger partial charge is 0.398 e. The van der Waals surface area contributed by atoms with Crippen molar-refractivity contribution in [3.05, 3.63) is 54.0 Å². The first kappa shape index (κ1) is 21.8. The molecular formula is C21H25FN8O. The third-order valence-corrected chi connectivity index (χ3v) is 4.61. The predicted octanol–water partition coefficient (Wildman–Crippen LogP) is 3.28. The van der Waals surface area contributed by atoms with Crippen LogP contribution in [0.2, 0.25) is 0 Å². The first-order chi connectivity index (χ1) is 14.9. The van der Waals surface area contributed by atoms with Crippen molar-refractivity contribution in [2.75, 3.05) is 47.7 Å². The minimum absolute atomic E-state index is 0.0470. The molecule has 0 fully saturated rings. The molecule has 1 aromatic heterocycles. The number of hydrogen-bond donors (Lipinski definition) is 5. The van der Waals surface area contributed by atoms with Crippen molar-refractivity contribution in [2.45, 2.75) is 6.42 Å². The van der Waals surface area contributed by atoms with Crippen LogP contribution in [0.5, 0.6) is 0 Å². The molecule has 0 bridgehead atoms. The summed E-state index contributed by atoms with van der Waals surface area (Å²) < 4.78 is 20.0. The summed E-state index contributed by atoms with van der Waals surface area (Å²) in [6.07, 6.45) is 2.83. The molecule has 0 aliphatic rings. The van der Waals surface area contributed by atoms with Gasteiger partial charge in [0.1, 0.15) is 0 Å². The van der Waals surface area contributed by atoms with Gasteiger partial charge < -0.3 is 37.6 Å². The van der Waals surface area contributed by atoms with Crippen molar-refractivity contribution in [2.24, 2.45) is 0 Å². The normalized spacial score (nSPS) is 10.6. The van der Waals surface area contributed by atoms with Crippen LogP contribution in [-0.2, 0) is 4.74 Å². The number of nitrogens with two attached hydrogens (primary N) is 3. The average molecular weight is 424 g/mol. The molecule has 8 N–H and O–H groups in total. The molecule has 0 saturated heterocycles. The minimum Gasteiger partial charge on any atom is -0.398 e. The number of ether oxygens (including phenoxy) is 1. The highest BCUT2D eigenvalue weighted by atomic mass is 19.1. The lowest BCUT2D eigenvalue weighted by molar-refractivity contribution is 0.196. The Morgan fingerprint density at radius 1 is 1.16 bits per heavy atom. The summed E-state index contributed by atoms with van der Waals surface area (Å²) in [4.78, 5) is 10.1. The molecule has 10 heteroatoms. The number of hydrogen-bond acceptors (Lipinski definition) is 9. The molecule has 0 amide bonds. The lowest BCUT2D eigenvalue weighted by atomic mass is 10.1. The van der Waals surface area contributed by atoms with Gasteiger partial charge >= 0.3 is 0 Å². The van der Waals surface area contributed by atoms with Gasteiger partial charge in [0, 0.05) is 43.4 Å². The molecule has 3 aromatic rings. The van der Waals surface area contributed by atoms with Gasteiger partial charge in [0.25, 0.3) is 0 Å². The van der Waals surface area contributed by atoms with E-state index in [4.69, 9.17) is 27.3 Å². The quantitative estimate of drug-likeness (QED) is 0.199. The zero-order valence-electron chi connectivity index (χ0n) is 17.1. The van der Waals surface area contributed by atoms with E-state index in [0.29, 0.717) is 53.6 Å². The molecule has 0 aliphatic heterocycles. The monoisotopic (exact) mass is 424 g/mol. The standard InChI is InChI=1S/C21H25FN8O/c1-31-9-3-8-30(19-5-2-4-16(24)14(19)11-23)20-15(22)12-27-21(29-20)28-13-6-7-17(25)18(26)10-13/h2,4-7,10-12,23H,3,8-9,24-26H2,1H3,(H,27,28,29). The molecule has 0 unspecified atom stereocenters. The highest BCUT2D eigenvalue weighted by Gasteiger charge is 2.20. The Balaban J connectivity index is 2.02. The second-order valence-electron chi connectivity index (χ2n) is 6.76. The maximum absolute atomic E-state index is 14.9. The number of aromatic nitrogens is 2. The van der Waals surface area contributed by atoms with Crippen LogP contribution < -0.4 is 27.4 Å². The number of nitrogen functional groups attached to an aromatic ring is 3. The van der Waals surface area contributed by atoms with E-state index in [2.05, 4.69) is 15.3 Å². The van der Waals surface area contributed by atoms with Crippen LogP contribution >= 0.6 is 0 Å². The van der Waals surface area contributed by atoms with E-state index >= 15 is 0 Å². The number of halogens is 1. The summed E-state index contributed by atoms with van der Waals surface area (Å²) in [7, 11) is 1.60. The number of anilines is 7. The van der Waals surface area contributed by atoms with Gasteiger partial charge in [-0.3, -0.25) is 0 Å². The van der Waals surface area contributed by atoms with Gasteiger partial charge in [-0.1, -0.05) is 6.07 Å². The van der Waals surface area contributed by atoms with Crippen LogP contribution in [0.3, 0.4) is 0 Å². The van der Waals surface area contributed by atoms with Crippen LogP contribution in [0.1, 0.15) is 12.0 Å². The molecule has 0 saturated carbocycles. The summed E-state index contributed by atoms with van der Waals surface area (Å²) in [5, 5.41) is 10.8. The van der Waals surface area contributed by atoms with Crippen LogP contribution in [0.15, 0.2) is 42.6 Å². The fourth-order valence-corrected chi connectivity index (χ4v) is 3.06. The molecule has 0 aliphatic carbocycles. The fraction of sp³-hybridized carbons (Fsp3) is 0.190. The van der Waals surface area contributed by atoms with Crippen molar-refractivity contribution in [3.8, 4) is 0 Å². The van der Waals surface area contributed by atoms with Crippen molar-refractivity contribution in [1.29, 1.82) is 5.41 Å². The van der Waals surface area contributed by atoms with Crippen LogP contribution in [0.4, 0.5) is 44.6 Å². The SMILES string of the molecule is COCCCN(c1cccc(N)c1C=N)c1nc(Nc2ccc(N)c(N)c2)ncc1F. The van der Waals surface area contributed by atoms with Gasteiger partial charge in [-0.05, 0) is 36.8 Å². The summed E-state index contributed by atoms with van der Waals surface area (Å²) >= 11 is 0. The second kappa shape index (κ2) is 9.72. The average Bonchev–Trinajstić information content (AvgIpc) is 2.75. The molecule has 31 heavy (non-hydrogen) atoms. The zero-order chi connectivity index (χ0) is 22.4. The summed E-state index contributed by atoms with van der Waals surface area (Å²) in [5.74, 6) is -0.388. The third-order valence-electron chi connectivity index (χ3n) is 4.61.